The summed E-state index contributed by atoms with van der Waals surface area (Å²) in [6.07, 6.45) is -6.48. The molecule has 34 heavy (non-hydrogen) atoms. The molecule has 1 heterocycles. The fraction of sp³-hybridized carbons (Fsp3) is 0.190. The highest BCUT2D eigenvalue weighted by Crippen LogP contribution is 2.35. The highest BCUT2D eigenvalue weighted by molar-refractivity contribution is 7.91. The molecule has 1 atom stereocenters. The first kappa shape index (κ1) is 25.0. The lowest BCUT2D eigenvalue weighted by molar-refractivity contribution is -0.142. The third kappa shape index (κ3) is 5.65. The van der Waals surface area contributed by atoms with E-state index in [9.17, 15) is 31.0 Å². The molecule has 0 saturated carbocycles. The van der Waals surface area contributed by atoms with E-state index in [1.165, 1.54) is 30.5 Å². The summed E-state index contributed by atoms with van der Waals surface area (Å²) in [5, 5.41) is 8.90. The Balaban J connectivity index is 2.03. The molecule has 0 spiro atoms. The Morgan fingerprint density at radius 1 is 1.12 bits per heavy atom. The van der Waals surface area contributed by atoms with Gasteiger partial charge in [-0.3, -0.25) is 4.79 Å². The van der Waals surface area contributed by atoms with E-state index in [1.54, 1.807) is 0 Å². The number of carbonyl (C=O) groups is 1. The first-order valence-electron chi connectivity index (χ1n) is 9.43. The summed E-state index contributed by atoms with van der Waals surface area (Å²) in [6.45, 7) is 1.01. The van der Waals surface area contributed by atoms with Gasteiger partial charge >= 0.3 is 6.18 Å². The van der Waals surface area contributed by atoms with E-state index >= 15 is 0 Å². The molecule has 1 unspecified atom stereocenters. The van der Waals surface area contributed by atoms with E-state index < -0.39 is 50.9 Å². The van der Waals surface area contributed by atoms with Gasteiger partial charge in [0.1, 0.15) is 11.3 Å². The lowest BCUT2D eigenvalue weighted by Crippen LogP contribution is -2.21. The third-order valence-electron chi connectivity index (χ3n) is 4.57. The van der Waals surface area contributed by atoms with Crippen molar-refractivity contribution in [2.24, 2.45) is 0 Å². The van der Waals surface area contributed by atoms with E-state index in [1.807, 2.05) is 0 Å². The molecule has 0 saturated heterocycles. The minimum atomic E-state index is -4.91. The Kier molecular flexibility index (Phi) is 6.87. The summed E-state index contributed by atoms with van der Waals surface area (Å²) in [7, 11) is -3.12. The van der Waals surface area contributed by atoms with Crippen LogP contribution >= 0.6 is 0 Å². The maximum Gasteiger partial charge on any atom is 0.435 e. The van der Waals surface area contributed by atoms with Crippen molar-refractivity contribution in [3.8, 4) is 11.6 Å². The van der Waals surface area contributed by atoms with Crippen LogP contribution in [0, 0.1) is 11.7 Å². The van der Waals surface area contributed by atoms with E-state index in [0.29, 0.717) is 0 Å². The van der Waals surface area contributed by atoms with Gasteiger partial charge < -0.3 is 10.1 Å². The minimum Gasteiger partial charge on any atom is -0.437 e. The fourth-order valence-electron chi connectivity index (χ4n) is 2.91. The standard InChI is InChI=1S/C21H17F5N4O3S/c1-11-16(19(31)28-13-4-3-5-15(10-13)34(2,27)32)20(30-29-17(11)21(24,25)26)33-14-8-6-12(7-9-14)18(22)23/h3-10,18,27H,1-2H3,(H,28,31). The monoisotopic (exact) mass is 500 g/mol. The van der Waals surface area contributed by atoms with Crippen LogP contribution in [0.25, 0.3) is 0 Å². The van der Waals surface area contributed by atoms with Crippen LogP contribution in [0.15, 0.2) is 53.4 Å². The molecule has 0 aliphatic carbocycles. The molecule has 0 bridgehead atoms. The van der Waals surface area contributed by atoms with Crippen molar-refractivity contribution in [3.63, 3.8) is 0 Å². The second kappa shape index (κ2) is 9.33. The van der Waals surface area contributed by atoms with Crippen LogP contribution in [-0.2, 0) is 15.9 Å². The van der Waals surface area contributed by atoms with Gasteiger partial charge in [-0.1, -0.05) is 6.07 Å². The number of ether oxygens (including phenoxy) is 1. The predicted molar refractivity (Wildman–Crippen MR) is 113 cm³/mol. The van der Waals surface area contributed by atoms with Gasteiger partial charge in [-0.15, -0.1) is 10.2 Å². The summed E-state index contributed by atoms with van der Waals surface area (Å²) in [6, 6.07) is 9.88. The molecule has 1 aromatic heterocycles. The molecule has 0 aliphatic rings. The van der Waals surface area contributed by atoms with Crippen molar-refractivity contribution in [3.05, 3.63) is 70.9 Å². The van der Waals surface area contributed by atoms with Crippen molar-refractivity contribution >= 4 is 21.3 Å². The predicted octanol–water partition coefficient (Wildman–Crippen LogP) is 5.82. The number of nitrogens with zero attached hydrogens (tertiary/aromatic N) is 2. The van der Waals surface area contributed by atoms with Crippen LogP contribution < -0.4 is 10.1 Å². The molecular weight excluding hydrogens is 483 g/mol. The van der Waals surface area contributed by atoms with Gasteiger partial charge in [0.2, 0.25) is 0 Å². The highest BCUT2D eigenvalue weighted by Gasteiger charge is 2.38. The summed E-state index contributed by atoms with van der Waals surface area (Å²) >= 11 is 0. The Labute approximate surface area is 190 Å². The smallest absolute Gasteiger partial charge is 0.435 e. The first-order chi connectivity index (χ1) is 15.8. The summed E-state index contributed by atoms with van der Waals surface area (Å²) in [5.41, 5.74) is -2.80. The second-order valence-electron chi connectivity index (χ2n) is 7.15. The molecule has 0 radical (unpaired) electrons. The van der Waals surface area contributed by atoms with Crippen LogP contribution in [0.3, 0.4) is 0 Å². The van der Waals surface area contributed by atoms with Crippen molar-refractivity contribution in [2.45, 2.75) is 24.4 Å². The van der Waals surface area contributed by atoms with Crippen molar-refractivity contribution in [2.75, 3.05) is 11.6 Å². The number of aromatic nitrogens is 2. The number of nitrogens with one attached hydrogen (secondary N) is 2. The Bertz CT molecular complexity index is 1330. The van der Waals surface area contributed by atoms with E-state index in [2.05, 4.69) is 15.5 Å². The molecule has 7 nitrogen and oxygen atoms in total. The van der Waals surface area contributed by atoms with Crippen LogP contribution in [0.2, 0.25) is 0 Å². The zero-order valence-corrected chi connectivity index (χ0v) is 18.4. The Hall–Kier alpha value is -3.61. The molecular formula is C21H17F5N4O3S. The zero-order chi connectivity index (χ0) is 25.3. The van der Waals surface area contributed by atoms with Crippen LogP contribution in [0.4, 0.5) is 27.6 Å². The first-order valence-corrected chi connectivity index (χ1v) is 11.4. The number of hydrogen-bond donors (Lipinski definition) is 2. The average Bonchev–Trinajstić information content (AvgIpc) is 2.73. The van der Waals surface area contributed by atoms with Gasteiger partial charge in [0, 0.05) is 22.4 Å². The summed E-state index contributed by atoms with van der Waals surface area (Å²) in [5.74, 6) is -1.68. The molecule has 0 fully saturated rings. The molecule has 1 amide bonds. The molecule has 2 N–H and O–H groups in total. The van der Waals surface area contributed by atoms with Gasteiger partial charge in [-0.05, 0) is 55.0 Å². The average molecular weight is 500 g/mol. The Morgan fingerprint density at radius 2 is 1.76 bits per heavy atom. The summed E-state index contributed by atoms with van der Waals surface area (Å²) < 4.78 is 90.7. The molecule has 0 aliphatic heterocycles. The number of rotatable bonds is 6. The largest absolute Gasteiger partial charge is 0.437 e. The lowest BCUT2D eigenvalue weighted by Gasteiger charge is -2.16. The van der Waals surface area contributed by atoms with Crippen LogP contribution in [-0.4, -0.2) is 26.6 Å². The Morgan fingerprint density at radius 3 is 2.32 bits per heavy atom. The number of halogens is 5. The molecule has 180 valence electrons. The number of alkyl halides is 5. The van der Waals surface area contributed by atoms with Crippen LogP contribution in [0.1, 0.15) is 33.6 Å². The molecule has 3 aromatic rings. The van der Waals surface area contributed by atoms with E-state index in [-0.39, 0.29) is 21.9 Å². The van der Waals surface area contributed by atoms with Crippen molar-refractivity contribution < 1.29 is 35.7 Å². The van der Waals surface area contributed by atoms with Gasteiger partial charge in [0.25, 0.3) is 18.2 Å². The van der Waals surface area contributed by atoms with Gasteiger partial charge in [0.15, 0.2) is 5.69 Å². The van der Waals surface area contributed by atoms with Gasteiger partial charge in [-0.2, -0.15) is 13.2 Å². The third-order valence-corrected chi connectivity index (χ3v) is 5.72. The van der Waals surface area contributed by atoms with E-state index in [0.717, 1.165) is 31.2 Å². The number of anilines is 1. The highest BCUT2D eigenvalue weighted by atomic mass is 32.2. The molecule has 13 heteroatoms. The maximum absolute atomic E-state index is 13.4. The van der Waals surface area contributed by atoms with E-state index in [4.69, 9.17) is 9.52 Å². The number of hydrogen-bond acceptors (Lipinski definition) is 6. The van der Waals surface area contributed by atoms with Crippen molar-refractivity contribution in [1.82, 2.24) is 10.2 Å². The number of amides is 1. The second-order valence-corrected chi connectivity index (χ2v) is 9.31. The van der Waals surface area contributed by atoms with Crippen LogP contribution in [0.5, 0.6) is 11.6 Å². The quantitative estimate of drug-likeness (QED) is 0.415. The normalized spacial score (nSPS) is 13.4. The number of benzene rings is 2. The minimum absolute atomic E-state index is 0.0613. The molecule has 3 rings (SSSR count). The zero-order valence-electron chi connectivity index (χ0n) is 17.6. The fourth-order valence-corrected chi connectivity index (χ4v) is 3.60. The van der Waals surface area contributed by atoms with Gasteiger partial charge in [0.05, 0.1) is 9.73 Å². The molecule has 2 aromatic carbocycles. The van der Waals surface area contributed by atoms with Crippen molar-refractivity contribution in [1.29, 1.82) is 4.78 Å². The number of carbonyl (C=O) groups excluding carboxylic acids is 1. The lowest BCUT2D eigenvalue weighted by atomic mass is 10.1. The topological polar surface area (TPSA) is 105 Å². The SMILES string of the molecule is Cc1c(C(F)(F)F)nnc(Oc2ccc(C(F)F)cc2)c1C(=O)Nc1cccc(S(C)(=N)=O)c1. The van der Waals surface area contributed by atoms with Gasteiger partial charge in [-0.25, -0.2) is 17.8 Å². The maximum atomic E-state index is 13.4. The summed E-state index contributed by atoms with van der Waals surface area (Å²) in [4.78, 5) is 13.1.